The SMILES string of the molecule is O=c1[nH]c2ccc(NS(=O)(=O)C3C(Cl)N=C4SC=CN43)cc2s1. The van der Waals surface area contributed by atoms with Crippen molar-refractivity contribution in [2.75, 3.05) is 4.72 Å². The minimum atomic E-state index is -3.80. The highest BCUT2D eigenvalue weighted by Gasteiger charge is 2.45. The maximum absolute atomic E-state index is 12.7. The first kappa shape index (κ1) is 15.1. The molecule has 2 atom stereocenters. The van der Waals surface area contributed by atoms with Crippen molar-refractivity contribution >= 4 is 65.8 Å². The lowest BCUT2D eigenvalue weighted by Crippen LogP contribution is -2.42. The van der Waals surface area contributed by atoms with Crippen molar-refractivity contribution in [2.45, 2.75) is 10.9 Å². The molecule has 4 rings (SSSR count). The number of alkyl halides is 1. The van der Waals surface area contributed by atoms with Crippen LogP contribution in [0.2, 0.25) is 0 Å². The van der Waals surface area contributed by atoms with Crippen LogP contribution in [0.5, 0.6) is 0 Å². The highest BCUT2D eigenvalue weighted by Crippen LogP contribution is 2.35. The first-order chi connectivity index (χ1) is 10.9. The lowest BCUT2D eigenvalue weighted by Gasteiger charge is -2.22. The number of rotatable bonds is 3. The third-order valence-electron chi connectivity index (χ3n) is 3.36. The highest BCUT2D eigenvalue weighted by molar-refractivity contribution is 8.16. The van der Waals surface area contributed by atoms with Gasteiger partial charge in [0.1, 0.15) is 0 Å². The number of aliphatic imine (C=N–C) groups is 1. The molecule has 2 N–H and O–H groups in total. The third kappa shape index (κ3) is 2.55. The minimum Gasteiger partial charge on any atom is -0.312 e. The third-order valence-corrected chi connectivity index (χ3v) is 7.11. The summed E-state index contributed by atoms with van der Waals surface area (Å²) in [6, 6.07) is 4.87. The second-order valence-corrected chi connectivity index (χ2v) is 8.97. The van der Waals surface area contributed by atoms with E-state index in [9.17, 15) is 13.2 Å². The topological polar surface area (TPSA) is 94.6 Å². The monoisotopic (exact) mass is 388 g/mol. The van der Waals surface area contributed by atoms with Gasteiger partial charge in [-0.2, -0.15) is 0 Å². The number of anilines is 1. The van der Waals surface area contributed by atoms with Crippen LogP contribution in [0.4, 0.5) is 5.69 Å². The normalized spacial score (nSPS) is 23.3. The van der Waals surface area contributed by atoms with Gasteiger partial charge in [-0.25, -0.2) is 13.4 Å². The molecule has 2 aliphatic heterocycles. The van der Waals surface area contributed by atoms with E-state index >= 15 is 0 Å². The molecule has 0 saturated heterocycles. The molecule has 7 nitrogen and oxygen atoms in total. The fraction of sp³-hybridized carbons (Fsp3) is 0.167. The number of aromatic nitrogens is 1. The van der Waals surface area contributed by atoms with E-state index in [0.29, 0.717) is 21.1 Å². The molecule has 23 heavy (non-hydrogen) atoms. The van der Waals surface area contributed by atoms with Gasteiger partial charge in [0.2, 0.25) is 0 Å². The van der Waals surface area contributed by atoms with Crippen LogP contribution < -0.4 is 9.60 Å². The first-order valence-electron chi connectivity index (χ1n) is 6.42. The summed E-state index contributed by atoms with van der Waals surface area (Å²) in [5.74, 6) is 0. The molecule has 1 aromatic carbocycles. The lowest BCUT2D eigenvalue weighted by atomic mass is 10.3. The number of nitrogens with zero attached hydrogens (tertiary/aromatic N) is 2. The largest absolute Gasteiger partial charge is 0.312 e. The number of halogens is 1. The van der Waals surface area contributed by atoms with Gasteiger partial charge in [0.25, 0.3) is 10.0 Å². The fourth-order valence-corrected chi connectivity index (χ4v) is 6.11. The summed E-state index contributed by atoms with van der Waals surface area (Å²) in [5.41, 5.74) is 0.163. The van der Waals surface area contributed by atoms with Gasteiger partial charge >= 0.3 is 4.87 Å². The lowest BCUT2D eigenvalue weighted by molar-refractivity contribution is 0.504. The Balaban J connectivity index is 1.66. The molecule has 3 heterocycles. The van der Waals surface area contributed by atoms with Gasteiger partial charge in [-0.05, 0) is 23.6 Å². The molecule has 0 radical (unpaired) electrons. The predicted octanol–water partition coefficient (Wildman–Crippen LogP) is 2.11. The van der Waals surface area contributed by atoms with Crippen LogP contribution in [0, 0.1) is 0 Å². The number of thioether (sulfide) groups is 1. The van der Waals surface area contributed by atoms with Gasteiger partial charge in [0.05, 0.1) is 15.9 Å². The average Bonchev–Trinajstić information content (AvgIpc) is 3.10. The van der Waals surface area contributed by atoms with Gasteiger partial charge in [0.15, 0.2) is 16.0 Å². The van der Waals surface area contributed by atoms with E-state index in [1.54, 1.807) is 29.8 Å². The number of thiazole rings is 1. The van der Waals surface area contributed by atoms with Gasteiger partial charge in [-0.15, -0.1) is 0 Å². The number of amidine groups is 1. The van der Waals surface area contributed by atoms with Crippen molar-refractivity contribution in [3.05, 3.63) is 39.5 Å². The molecule has 120 valence electrons. The summed E-state index contributed by atoms with van der Waals surface area (Å²) in [6.07, 6.45) is 1.65. The summed E-state index contributed by atoms with van der Waals surface area (Å²) in [7, 11) is -3.80. The highest BCUT2D eigenvalue weighted by atomic mass is 35.5. The van der Waals surface area contributed by atoms with Crippen molar-refractivity contribution in [3.63, 3.8) is 0 Å². The Morgan fingerprint density at radius 2 is 2.22 bits per heavy atom. The number of hydrogen-bond acceptors (Lipinski definition) is 7. The molecule has 0 spiro atoms. The molecular formula is C12H9ClN4O3S3. The van der Waals surface area contributed by atoms with E-state index < -0.39 is 20.9 Å². The fourth-order valence-electron chi connectivity index (χ4n) is 2.40. The number of aromatic amines is 1. The van der Waals surface area contributed by atoms with Gasteiger partial charge in [-0.1, -0.05) is 34.7 Å². The summed E-state index contributed by atoms with van der Waals surface area (Å²) in [5, 5.41) is 1.32. The molecule has 0 amide bonds. The maximum atomic E-state index is 12.7. The molecule has 2 aliphatic rings. The Hall–Kier alpha value is -1.49. The summed E-state index contributed by atoms with van der Waals surface area (Å²) < 4.78 is 28.6. The number of benzene rings is 1. The molecule has 2 aromatic rings. The number of sulfonamides is 1. The number of fused-ring (bicyclic) bond motifs is 2. The molecule has 0 bridgehead atoms. The van der Waals surface area contributed by atoms with Crippen molar-refractivity contribution in [1.82, 2.24) is 9.88 Å². The van der Waals surface area contributed by atoms with E-state index in [2.05, 4.69) is 14.7 Å². The first-order valence-corrected chi connectivity index (χ1v) is 10.1. The van der Waals surface area contributed by atoms with E-state index in [0.717, 1.165) is 11.3 Å². The molecule has 0 fully saturated rings. The molecule has 0 aliphatic carbocycles. The van der Waals surface area contributed by atoms with Crippen LogP contribution in [-0.2, 0) is 10.0 Å². The van der Waals surface area contributed by atoms with Crippen molar-refractivity contribution in [3.8, 4) is 0 Å². The Kier molecular flexibility index (Phi) is 3.45. The number of H-pyrrole nitrogens is 1. The van der Waals surface area contributed by atoms with E-state index in [-0.39, 0.29) is 4.87 Å². The quantitative estimate of drug-likeness (QED) is 0.620. The maximum Gasteiger partial charge on any atom is 0.305 e. The van der Waals surface area contributed by atoms with E-state index in [1.807, 2.05) is 0 Å². The van der Waals surface area contributed by atoms with Gasteiger partial charge in [0, 0.05) is 6.20 Å². The zero-order valence-corrected chi connectivity index (χ0v) is 14.5. The van der Waals surface area contributed by atoms with Crippen LogP contribution in [0.15, 0.2) is 39.6 Å². The minimum absolute atomic E-state index is 0.186. The summed E-state index contributed by atoms with van der Waals surface area (Å²) >= 11 is 8.44. The Morgan fingerprint density at radius 3 is 3.04 bits per heavy atom. The van der Waals surface area contributed by atoms with Crippen molar-refractivity contribution in [1.29, 1.82) is 0 Å². The van der Waals surface area contributed by atoms with Gasteiger partial charge in [-0.3, -0.25) is 9.52 Å². The van der Waals surface area contributed by atoms with Crippen LogP contribution in [0.1, 0.15) is 0 Å². The summed E-state index contributed by atoms with van der Waals surface area (Å²) in [6.45, 7) is 0. The summed E-state index contributed by atoms with van der Waals surface area (Å²) in [4.78, 5) is 19.5. The second-order valence-electron chi connectivity index (χ2n) is 4.86. The molecule has 11 heteroatoms. The Morgan fingerprint density at radius 1 is 1.39 bits per heavy atom. The Bertz CT molecular complexity index is 1010. The number of hydrogen-bond donors (Lipinski definition) is 2. The van der Waals surface area contributed by atoms with Crippen LogP contribution in [-0.4, -0.2) is 34.3 Å². The van der Waals surface area contributed by atoms with E-state index in [1.165, 1.54) is 16.7 Å². The van der Waals surface area contributed by atoms with E-state index in [4.69, 9.17) is 11.6 Å². The predicted molar refractivity (Wildman–Crippen MR) is 94.4 cm³/mol. The number of nitrogens with one attached hydrogen (secondary N) is 2. The molecule has 1 aromatic heterocycles. The zero-order valence-electron chi connectivity index (χ0n) is 11.3. The molecule has 0 saturated carbocycles. The molecular weight excluding hydrogens is 380 g/mol. The Labute approximate surface area is 144 Å². The van der Waals surface area contributed by atoms with Crippen LogP contribution in [0.25, 0.3) is 10.2 Å². The smallest absolute Gasteiger partial charge is 0.305 e. The van der Waals surface area contributed by atoms with Gasteiger partial charge < -0.3 is 9.88 Å². The van der Waals surface area contributed by atoms with Crippen LogP contribution >= 0.6 is 34.7 Å². The second kappa shape index (κ2) is 5.26. The molecule has 2 unspecified atom stereocenters. The standard InChI is InChI=1S/C12H9ClN4O3S3/c13-9-10(17-3-4-21-11(17)15-9)23(19,20)16-6-1-2-7-8(5-6)22-12(18)14-7/h1-5,9-10,16H,(H,14,18). The van der Waals surface area contributed by atoms with Crippen molar-refractivity contribution in [2.24, 2.45) is 4.99 Å². The van der Waals surface area contributed by atoms with Crippen molar-refractivity contribution < 1.29 is 8.42 Å². The zero-order chi connectivity index (χ0) is 16.2. The average molecular weight is 389 g/mol. The van der Waals surface area contributed by atoms with Crippen LogP contribution in [0.3, 0.4) is 0 Å².